The third kappa shape index (κ3) is 3.10. The molecule has 1 aliphatic carbocycles. The maximum atomic E-state index is 4.72. The molecule has 0 amide bonds. The van der Waals surface area contributed by atoms with E-state index in [0.29, 0.717) is 6.04 Å². The van der Waals surface area contributed by atoms with Crippen LogP contribution in [0.5, 0.6) is 0 Å². The number of hydrogen-bond acceptors (Lipinski definition) is 3. The van der Waals surface area contributed by atoms with E-state index >= 15 is 0 Å². The van der Waals surface area contributed by atoms with Gasteiger partial charge in [0.25, 0.3) is 0 Å². The van der Waals surface area contributed by atoms with Crippen molar-refractivity contribution < 1.29 is 0 Å². The lowest BCUT2D eigenvalue weighted by atomic mass is 9.96. The van der Waals surface area contributed by atoms with E-state index in [1.807, 2.05) is 17.9 Å². The fraction of sp³-hybridized carbons (Fsp3) is 0.600. The van der Waals surface area contributed by atoms with Crippen molar-refractivity contribution >= 4 is 0 Å². The standard InChI is InChI=1S/C15H23N5/c1-16-9-13-10-17-19(11-13)12-14-7-8-20(18-14)15-5-3-2-4-6-15/h7-8,10-11,15-16H,2-6,9,12H2,1H3. The molecule has 2 aromatic heterocycles. The quantitative estimate of drug-likeness (QED) is 0.909. The summed E-state index contributed by atoms with van der Waals surface area (Å²) in [5.41, 5.74) is 2.30. The number of hydrogen-bond donors (Lipinski definition) is 1. The fourth-order valence-corrected chi connectivity index (χ4v) is 2.96. The van der Waals surface area contributed by atoms with E-state index < -0.39 is 0 Å². The molecule has 0 aromatic carbocycles. The molecule has 1 saturated carbocycles. The smallest absolute Gasteiger partial charge is 0.0849 e. The van der Waals surface area contributed by atoms with Gasteiger partial charge in [0.1, 0.15) is 0 Å². The molecular formula is C15H23N5. The predicted molar refractivity (Wildman–Crippen MR) is 78.4 cm³/mol. The molecule has 20 heavy (non-hydrogen) atoms. The molecule has 0 radical (unpaired) electrons. The van der Waals surface area contributed by atoms with E-state index in [-0.39, 0.29) is 0 Å². The van der Waals surface area contributed by atoms with Crippen LogP contribution >= 0.6 is 0 Å². The molecule has 1 aliphatic rings. The summed E-state index contributed by atoms with van der Waals surface area (Å²) < 4.78 is 4.12. The molecular weight excluding hydrogens is 250 g/mol. The zero-order chi connectivity index (χ0) is 13.8. The largest absolute Gasteiger partial charge is 0.316 e. The van der Waals surface area contributed by atoms with Crippen molar-refractivity contribution in [1.29, 1.82) is 0 Å². The Morgan fingerprint density at radius 3 is 2.95 bits per heavy atom. The van der Waals surface area contributed by atoms with Crippen molar-refractivity contribution in [2.75, 3.05) is 7.05 Å². The maximum absolute atomic E-state index is 4.72. The Balaban J connectivity index is 1.63. The number of aromatic nitrogens is 4. The molecule has 2 heterocycles. The second-order valence-corrected chi connectivity index (χ2v) is 5.66. The van der Waals surface area contributed by atoms with Gasteiger partial charge in [-0.3, -0.25) is 9.36 Å². The first-order valence-electron chi connectivity index (χ1n) is 7.55. The van der Waals surface area contributed by atoms with Crippen LogP contribution in [0.1, 0.15) is 49.4 Å². The second kappa shape index (κ2) is 6.22. The Labute approximate surface area is 120 Å². The molecule has 0 unspecified atom stereocenters. The molecule has 2 aromatic rings. The van der Waals surface area contributed by atoms with Gasteiger partial charge in [0.05, 0.1) is 24.5 Å². The first kappa shape index (κ1) is 13.4. The first-order valence-corrected chi connectivity index (χ1v) is 7.55. The third-order valence-corrected chi connectivity index (χ3v) is 4.00. The summed E-state index contributed by atoms with van der Waals surface area (Å²) in [5.74, 6) is 0. The zero-order valence-corrected chi connectivity index (χ0v) is 12.1. The Hall–Kier alpha value is -1.62. The molecule has 0 spiro atoms. The predicted octanol–water partition coefficient (Wildman–Crippen LogP) is 2.35. The minimum Gasteiger partial charge on any atom is -0.316 e. The molecule has 108 valence electrons. The molecule has 0 bridgehead atoms. The van der Waals surface area contributed by atoms with Crippen LogP contribution in [0.4, 0.5) is 0 Å². The van der Waals surface area contributed by atoms with Crippen LogP contribution in [-0.4, -0.2) is 26.6 Å². The van der Waals surface area contributed by atoms with Gasteiger partial charge in [-0.2, -0.15) is 10.2 Å². The number of rotatable bonds is 5. The first-order chi connectivity index (χ1) is 9.85. The van der Waals surface area contributed by atoms with Crippen molar-refractivity contribution in [3.8, 4) is 0 Å². The van der Waals surface area contributed by atoms with Crippen molar-refractivity contribution in [2.45, 2.75) is 51.2 Å². The lowest BCUT2D eigenvalue weighted by Crippen LogP contribution is -2.13. The Bertz CT molecular complexity index is 536. The summed E-state index contributed by atoms with van der Waals surface area (Å²) in [6.45, 7) is 1.61. The minimum absolute atomic E-state index is 0.606. The Morgan fingerprint density at radius 1 is 1.30 bits per heavy atom. The van der Waals surface area contributed by atoms with Crippen molar-refractivity contribution in [3.63, 3.8) is 0 Å². The highest BCUT2D eigenvalue weighted by atomic mass is 15.3. The van der Waals surface area contributed by atoms with E-state index in [9.17, 15) is 0 Å². The fourth-order valence-electron chi connectivity index (χ4n) is 2.96. The summed E-state index contributed by atoms with van der Waals surface area (Å²) in [6.07, 6.45) is 12.7. The Morgan fingerprint density at radius 2 is 2.15 bits per heavy atom. The monoisotopic (exact) mass is 273 g/mol. The van der Waals surface area contributed by atoms with Gasteiger partial charge in [0, 0.05) is 24.5 Å². The van der Waals surface area contributed by atoms with Gasteiger partial charge in [-0.15, -0.1) is 0 Å². The summed E-state index contributed by atoms with van der Waals surface area (Å²) >= 11 is 0. The highest BCUT2D eigenvalue weighted by molar-refractivity contribution is 5.06. The van der Waals surface area contributed by atoms with Crippen LogP contribution in [-0.2, 0) is 13.1 Å². The summed E-state index contributed by atoms with van der Waals surface area (Å²) in [4.78, 5) is 0. The van der Waals surface area contributed by atoms with Gasteiger partial charge in [0.2, 0.25) is 0 Å². The topological polar surface area (TPSA) is 47.7 Å². The summed E-state index contributed by atoms with van der Waals surface area (Å²) in [7, 11) is 1.95. The highest BCUT2D eigenvalue weighted by Gasteiger charge is 2.16. The van der Waals surface area contributed by atoms with Crippen LogP contribution in [0.15, 0.2) is 24.7 Å². The second-order valence-electron chi connectivity index (χ2n) is 5.66. The van der Waals surface area contributed by atoms with E-state index in [1.54, 1.807) is 0 Å². The van der Waals surface area contributed by atoms with E-state index in [2.05, 4.69) is 33.6 Å². The molecule has 3 rings (SSSR count). The highest BCUT2D eigenvalue weighted by Crippen LogP contribution is 2.27. The van der Waals surface area contributed by atoms with Gasteiger partial charge >= 0.3 is 0 Å². The summed E-state index contributed by atoms with van der Waals surface area (Å²) in [6, 6.07) is 2.73. The minimum atomic E-state index is 0.606. The van der Waals surface area contributed by atoms with Crippen LogP contribution in [0, 0.1) is 0 Å². The SMILES string of the molecule is CNCc1cnn(Cc2ccn(C3CCCCC3)n2)c1. The van der Waals surface area contributed by atoms with Crippen LogP contribution < -0.4 is 5.32 Å². The zero-order valence-electron chi connectivity index (χ0n) is 12.1. The number of nitrogens with zero attached hydrogens (tertiary/aromatic N) is 4. The lowest BCUT2D eigenvalue weighted by Gasteiger charge is -2.21. The van der Waals surface area contributed by atoms with Crippen molar-refractivity contribution in [3.05, 3.63) is 35.9 Å². The van der Waals surface area contributed by atoms with Gasteiger partial charge in [-0.25, -0.2) is 0 Å². The van der Waals surface area contributed by atoms with Crippen LogP contribution in [0.25, 0.3) is 0 Å². The van der Waals surface area contributed by atoms with E-state index in [0.717, 1.165) is 18.8 Å². The average molecular weight is 273 g/mol. The lowest BCUT2D eigenvalue weighted by molar-refractivity contribution is 0.327. The number of nitrogens with one attached hydrogen (secondary N) is 1. The third-order valence-electron chi connectivity index (χ3n) is 4.00. The van der Waals surface area contributed by atoms with Gasteiger partial charge < -0.3 is 5.32 Å². The molecule has 5 heteroatoms. The normalized spacial score (nSPS) is 16.6. The molecule has 0 aliphatic heterocycles. The molecule has 0 saturated heterocycles. The van der Waals surface area contributed by atoms with E-state index in [4.69, 9.17) is 5.10 Å². The van der Waals surface area contributed by atoms with Gasteiger partial charge in [-0.05, 0) is 26.0 Å². The average Bonchev–Trinajstić information content (AvgIpc) is 3.11. The molecule has 0 atom stereocenters. The van der Waals surface area contributed by atoms with Gasteiger partial charge in [-0.1, -0.05) is 19.3 Å². The van der Waals surface area contributed by atoms with Crippen molar-refractivity contribution in [2.24, 2.45) is 0 Å². The summed E-state index contributed by atoms with van der Waals surface area (Å²) in [5, 5.41) is 12.2. The molecule has 5 nitrogen and oxygen atoms in total. The van der Waals surface area contributed by atoms with Crippen LogP contribution in [0.3, 0.4) is 0 Å². The molecule has 1 N–H and O–H groups in total. The van der Waals surface area contributed by atoms with Crippen LogP contribution in [0.2, 0.25) is 0 Å². The van der Waals surface area contributed by atoms with E-state index in [1.165, 1.54) is 37.7 Å². The Kier molecular flexibility index (Phi) is 4.16. The van der Waals surface area contributed by atoms with Crippen molar-refractivity contribution in [1.82, 2.24) is 24.9 Å². The van der Waals surface area contributed by atoms with Gasteiger partial charge in [0.15, 0.2) is 0 Å². The molecule has 1 fully saturated rings. The maximum Gasteiger partial charge on any atom is 0.0849 e.